The summed E-state index contributed by atoms with van der Waals surface area (Å²) in [5.74, 6) is 0.589. The molecule has 0 bridgehead atoms. The summed E-state index contributed by atoms with van der Waals surface area (Å²) in [6.07, 6.45) is 2.95. The summed E-state index contributed by atoms with van der Waals surface area (Å²) in [5, 5.41) is 4.94. The van der Waals surface area contributed by atoms with E-state index in [1.165, 1.54) is 42.2 Å². The molecule has 34 heavy (non-hydrogen) atoms. The SMILES string of the molecule is CC(C)Cc1cccc2c1oc1c3ccnc(-c4cc(C(C)(C)C)c5ccccc5c4)c3sc21. The topological polar surface area (TPSA) is 26.0 Å². The largest absolute Gasteiger partial charge is 0.454 e. The lowest BCUT2D eigenvalue weighted by molar-refractivity contribution is 0.596. The van der Waals surface area contributed by atoms with Crippen LogP contribution in [0.1, 0.15) is 45.7 Å². The zero-order valence-electron chi connectivity index (χ0n) is 20.4. The van der Waals surface area contributed by atoms with Crippen LogP contribution in [0.4, 0.5) is 0 Å². The Morgan fingerprint density at radius 3 is 2.41 bits per heavy atom. The summed E-state index contributed by atoms with van der Waals surface area (Å²) in [7, 11) is 0. The van der Waals surface area contributed by atoms with E-state index in [9.17, 15) is 0 Å². The Morgan fingerprint density at radius 2 is 1.62 bits per heavy atom. The van der Waals surface area contributed by atoms with E-state index in [1.807, 2.05) is 17.5 Å². The van der Waals surface area contributed by atoms with Crippen molar-refractivity contribution in [3.63, 3.8) is 0 Å². The lowest BCUT2D eigenvalue weighted by Crippen LogP contribution is -2.12. The van der Waals surface area contributed by atoms with Gasteiger partial charge in [0, 0.05) is 22.5 Å². The molecule has 0 radical (unpaired) electrons. The Kier molecular flexibility index (Phi) is 4.82. The molecule has 170 valence electrons. The molecule has 3 heteroatoms. The summed E-state index contributed by atoms with van der Waals surface area (Å²) < 4.78 is 8.98. The molecule has 0 saturated heterocycles. The van der Waals surface area contributed by atoms with E-state index >= 15 is 0 Å². The molecular formula is C31H29NOS. The van der Waals surface area contributed by atoms with Gasteiger partial charge >= 0.3 is 0 Å². The first-order chi connectivity index (χ1) is 16.3. The fourth-order valence-corrected chi connectivity index (χ4v) is 6.40. The summed E-state index contributed by atoms with van der Waals surface area (Å²) in [4.78, 5) is 4.89. The Balaban J connectivity index is 1.62. The van der Waals surface area contributed by atoms with Gasteiger partial charge in [-0.2, -0.15) is 0 Å². The molecule has 6 aromatic rings. The van der Waals surface area contributed by atoms with Crippen molar-refractivity contribution in [3.05, 3.63) is 78.0 Å². The zero-order valence-corrected chi connectivity index (χ0v) is 21.2. The maximum absolute atomic E-state index is 6.56. The van der Waals surface area contributed by atoms with Crippen LogP contribution in [0.15, 0.2) is 71.3 Å². The summed E-state index contributed by atoms with van der Waals surface area (Å²) in [6.45, 7) is 11.4. The maximum Gasteiger partial charge on any atom is 0.154 e. The van der Waals surface area contributed by atoms with E-state index < -0.39 is 0 Å². The van der Waals surface area contributed by atoms with E-state index in [2.05, 4.69) is 95.3 Å². The molecule has 3 aromatic heterocycles. The van der Waals surface area contributed by atoms with Gasteiger partial charge in [-0.05, 0) is 63.9 Å². The average molecular weight is 464 g/mol. The highest BCUT2D eigenvalue weighted by molar-refractivity contribution is 7.27. The number of furan rings is 1. The number of para-hydroxylation sites is 1. The molecule has 3 heterocycles. The van der Waals surface area contributed by atoms with Gasteiger partial charge < -0.3 is 4.42 Å². The van der Waals surface area contributed by atoms with Gasteiger partial charge in [-0.1, -0.05) is 71.0 Å². The third-order valence-electron chi connectivity index (χ3n) is 6.68. The monoisotopic (exact) mass is 463 g/mol. The highest BCUT2D eigenvalue weighted by Crippen LogP contribution is 2.45. The van der Waals surface area contributed by atoms with Gasteiger partial charge in [0.2, 0.25) is 0 Å². The molecule has 0 N–H and O–H groups in total. The average Bonchev–Trinajstić information content (AvgIpc) is 3.34. The summed E-state index contributed by atoms with van der Waals surface area (Å²) in [5.41, 5.74) is 6.92. The first kappa shape index (κ1) is 21.4. The van der Waals surface area contributed by atoms with Crippen LogP contribution in [0.3, 0.4) is 0 Å². The third-order valence-corrected chi connectivity index (χ3v) is 7.90. The van der Waals surface area contributed by atoms with Crippen molar-refractivity contribution in [1.29, 1.82) is 0 Å². The van der Waals surface area contributed by atoms with Crippen molar-refractivity contribution < 1.29 is 4.42 Å². The van der Waals surface area contributed by atoms with Crippen LogP contribution < -0.4 is 0 Å². The second kappa shape index (κ2) is 7.68. The van der Waals surface area contributed by atoms with Gasteiger partial charge in [0.25, 0.3) is 0 Å². The van der Waals surface area contributed by atoms with Crippen LogP contribution in [0.25, 0.3) is 53.4 Å². The smallest absolute Gasteiger partial charge is 0.154 e. The summed E-state index contributed by atoms with van der Waals surface area (Å²) >= 11 is 1.81. The van der Waals surface area contributed by atoms with E-state index in [0.717, 1.165) is 28.7 Å². The van der Waals surface area contributed by atoms with Crippen molar-refractivity contribution in [2.45, 2.75) is 46.5 Å². The van der Waals surface area contributed by atoms with Crippen molar-refractivity contribution >= 4 is 53.4 Å². The third kappa shape index (κ3) is 3.33. The number of aromatic nitrogens is 1. The first-order valence-electron chi connectivity index (χ1n) is 12.1. The fourth-order valence-electron chi connectivity index (χ4n) is 5.14. The second-order valence-electron chi connectivity index (χ2n) is 10.8. The number of benzene rings is 3. The van der Waals surface area contributed by atoms with E-state index in [1.54, 1.807) is 0 Å². The van der Waals surface area contributed by atoms with Crippen molar-refractivity contribution in [2.24, 2.45) is 5.92 Å². The minimum Gasteiger partial charge on any atom is -0.454 e. The van der Waals surface area contributed by atoms with Gasteiger partial charge in [0.1, 0.15) is 5.58 Å². The fraction of sp³-hybridized carbons (Fsp3) is 0.258. The van der Waals surface area contributed by atoms with E-state index in [0.29, 0.717) is 5.92 Å². The minimum absolute atomic E-state index is 0.0373. The van der Waals surface area contributed by atoms with Gasteiger partial charge in [-0.3, -0.25) is 4.98 Å². The molecule has 2 nitrogen and oxygen atoms in total. The lowest BCUT2D eigenvalue weighted by atomic mass is 9.82. The van der Waals surface area contributed by atoms with Crippen molar-refractivity contribution in [1.82, 2.24) is 4.98 Å². The predicted octanol–water partition coefficient (Wildman–Crippen LogP) is 9.51. The van der Waals surface area contributed by atoms with Crippen molar-refractivity contribution in [3.8, 4) is 11.3 Å². The Labute approximate surface area is 204 Å². The minimum atomic E-state index is 0.0373. The van der Waals surface area contributed by atoms with E-state index in [-0.39, 0.29) is 5.41 Å². The van der Waals surface area contributed by atoms with Crippen LogP contribution in [-0.2, 0) is 11.8 Å². The number of thiophene rings is 1. The molecule has 0 aliphatic rings. The number of nitrogens with zero attached hydrogens (tertiary/aromatic N) is 1. The van der Waals surface area contributed by atoms with Gasteiger partial charge in [-0.15, -0.1) is 11.3 Å². The standard InChI is InChI=1S/C31H29NOS/c1-18(2)15-20-10-8-12-23-27(20)33-28-24-13-14-32-26(29(24)34-30(23)28)21-16-19-9-6-7-11-22(19)25(17-21)31(3,4)5/h6-14,16-18H,15H2,1-5H3. The molecule has 0 unspecified atom stereocenters. The normalized spacial score (nSPS) is 12.6. The molecule has 0 aliphatic heterocycles. The maximum atomic E-state index is 6.56. The second-order valence-corrected chi connectivity index (χ2v) is 11.8. The molecule has 0 spiro atoms. The molecule has 0 fully saturated rings. The molecule has 0 amide bonds. The number of hydrogen-bond donors (Lipinski definition) is 0. The highest BCUT2D eigenvalue weighted by Gasteiger charge is 2.22. The van der Waals surface area contributed by atoms with Crippen LogP contribution in [0.2, 0.25) is 0 Å². The van der Waals surface area contributed by atoms with Crippen LogP contribution in [0, 0.1) is 5.92 Å². The molecular weight excluding hydrogens is 434 g/mol. The summed E-state index contributed by atoms with van der Waals surface area (Å²) in [6, 6.07) is 22.0. The molecule has 0 saturated carbocycles. The number of pyridine rings is 1. The van der Waals surface area contributed by atoms with Gasteiger partial charge in [0.05, 0.1) is 15.1 Å². The van der Waals surface area contributed by atoms with Gasteiger partial charge in [0.15, 0.2) is 5.58 Å². The zero-order chi connectivity index (χ0) is 23.6. The number of rotatable bonds is 3. The molecule has 3 aromatic carbocycles. The van der Waals surface area contributed by atoms with E-state index in [4.69, 9.17) is 9.40 Å². The first-order valence-corrected chi connectivity index (χ1v) is 12.9. The van der Waals surface area contributed by atoms with Crippen LogP contribution in [-0.4, -0.2) is 4.98 Å². The predicted molar refractivity (Wildman–Crippen MR) is 147 cm³/mol. The molecule has 6 rings (SSSR count). The molecule has 0 atom stereocenters. The van der Waals surface area contributed by atoms with Crippen LogP contribution >= 0.6 is 11.3 Å². The Hall–Kier alpha value is -3.17. The highest BCUT2D eigenvalue weighted by atomic mass is 32.1. The number of hydrogen-bond acceptors (Lipinski definition) is 3. The van der Waals surface area contributed by atoms with Crippen molar-refractivity contribution in [2.75, 3.05) is 0 Å². The van der Waals surface area contributed by atoms with Crippen LogP contribution in [0.5, 0.6) is 0 Å². The number of fused-ring (bicyclic) bond motifs is 6. The van der Waals surface area contributed by atoms with Gasteiger partial charge in [-0.25, -0.2) is 0 Å². The quantitative estimate of drug-likeness (QED) is 0.261. The molecule has 0 aliphatic carbocycles. The lowest BCUT2D eigenvalue weighted by Gasteiger charge is -2.22. The Bertz CT molecular complexity index is 1690. The Morgan fingerprint density at radius 1 is 0.853 bits per heavy atom.